The number of nitrogens with zero attached hydrogens (tertiary/aromatic N) is 5. The molecule has 6 nitrogen and oxygen atoms in total. The molecule has 5 heterocycles. The van der Waals surface area contributed by atoms with Crippen molar-refractivity contribution in [2.45, 2.75) is 0 Å². The third-order valence-electron chi connectivity index (χ3n) is 12.2. The van der Waals surface area contributed by atoms with Gasteiger partial charge >= 0.3 is 307 Å². The summed E-state index contributed by atoms with van der Waals surface area (Å²) < 4.78 is 55.5. The fraction of sp³-hybridized carbons (Fsp3) is 0. The summed E-state index contributed by atoms with van der Waals surface area (Å²) in [5, 5.41) is 0. The van der Waals surface area contributed by atoms with Crippen molar-refractivity contribution in [2.75, 3.05) is 9.62 Å². The van der Waals surface area contributed by atoms with Crippen LogP contribution in [-0.2, 0) is 19.4 Å². The van der Waals surface area contributed by atoms with Crippen molar-refractivity contribution in [3.63, 3.8) is 0 Å². The summed E-state index contributed by atoms with van der Waals surface area (Å²) >= 11 is 2.33. The molecule has 8 heteroatoms. The molecular formula is C54H34BN5OPt. The molecule has 0 saturated heterocycles. The summed E-state index contributed by atoms with van der Waals surface area (Å²) in [7, 11) is 0. The summed E-state index contributed by atoms with van der Waals surface area (Å²) in [6, 6.07) is 57.9. The number of hydrogen-bond donors (Lipinski definition) is 0. The molecule has 294 valence electrons. The summed E-state index contributed by atoms with van der Waals surface area (Å²) in [4.78, 5) is 10.1. The van der Waals surface area contributed by atoms with E-state index < -0.39 is 6.04 Å². The normalized spacial score (nSPS) is 14.0. The Kier molecular flexibility index (Phi) is 6.79. The maximum absolute atomic E-state index is 9.06. The molecule has 2 aromatic heterocycles. The molecule has 0 amide bonds. The van der Waals surface area contributed by atoms with Gasteiger partial charge in [0, 0.05) is 11.3 Å². The van der Waals surface area contributed by atoms with Gasteiger partial charge in [-0.25, -0.2) is 0 Å². The third kappa shape index (κ3) is 5.15. The van der Waals surface area contributed by atoms with Gasteiger partial charge in [-0.1, -0.05) is 42.5 Å². The van der Waals surface area contributed by atoms with Crippen molar-refractivity contribution >= 4 is 46.4 Å². The molecule has 0 spiro atoms. The van der Waals surface area contributed by atoms with E-state index in [9.17, 15) is 0 Å². The first kappa shape index (κ1) is 30.5. The Hall–Kier alpha value is -7.47. The number of anilines is 4. The molecule has 0 bridgehead atoms. The van der Waals surface area contributed by atoms with Crippen LogP contribution in [0.4, 0.5) is 22.9 Å². The predicted molar refractivity (Wildman–Crippen MR) is 248 cm³/mol. The second kappa shape index (κ2) is 13.8. The van der Waals surface area contributed by atoms with Crippen molar-refractivity contribution < 1.29 is 30.9 Å². The second-order valence-corrected chi connectivity index (χ2v) is 16.5. The number of pyridine rings is 1. The molecule has 8 aromatic carbocycles. The summed E-state index contributed by atoms with van der Waals surface area (Å²) in [5.41, 5.74) is 15.0. The van der Waals surface area contributed by atoms with Gasteiger partial charge < -0.3 is 0 Å². The van der Waals surface area contributed by atoms with E-state index in [1.165, 1.54) is 22.3 Å². The maximum atomic E-state index is 9.06. The fourth-order valence-corrected chi connectivity index (χ4v) is 10.8. The van der Waals surface area contributed by atoms with Crippen LogP contribution in [0.15, 0.2) is 206 Å². The molecule has 0 N–H and O–H groups in total. The number of aromatic nitrogens is 3. The van der Waals surface area contributed by atoms with Gasteiger partial charge in [-0.3, -0.25) is 0 Å². The molecule has 0 atom stereocenters. The van der Waals surface area contributed by atoms with Gasteiger partial charge in [-0.15, -0.1) is 0 Å². The van der Waals surface area contributed by atoms with Crippen LogP contribution >= 0.6 is 0 Å². The van der Waals surface area contributed by atoms with Gasteiger partial charge in [-0.2, -0.15) is 0 Å². The van der Waals surface area contributed by atoms with Crippen LogP contribution in [0.1, 0.15) is 6.85 Å². The fourth-order valence-electron chi connectivity index (χ4n) is 9.70. The Balaban J connectivity index is 0.953. The number of fused-ring (bicyclic) bond motifs is 10. The summed E-state index contributed by atoms with van der Waals surface area (Å²) in [6.45, 7) is -0.110. The van der Waals surface area contributed by atoms with Gasteiger partial charge in [-0.05, 0) is 17.7 Å². The van der Waals surface area contributed by atoms with Gasteiger partial charge in [0.05, 0.1) is 0 Å². The first-order valence-corrected chi connectivity index (χ1v) is 21.6. The molecule has 13 rings (SSSR count). The molecule has 0 unspecified atom stereocenters. The first-order valence-electron chi connectivity index (χ1n) is 22.9. The number of ether oxygens (including phenoxy) is 1. The molecule has 3 aliphatic heterocycles. The second-order valence-electron chi connectivity index (χ2n) is 15.5. The number of imidazole rings is 1. The van der Waals surface area contributed by atoms with E-state index in [1.807, 2.05) is 97.1 Å². The van der Waals surface area contributed by atoms with Crippen molar-refractivity contribution in [3.8, 4) is 67.5 Å². The Labute approximate surface area is 376 Å². The van der Waals surface area contributed by atoms with Crippen molar-refractivity contribution in [3.05, 3.63) is 210 Å². The van der Waals surface area contributed by atoms with E-state index in [0.29, 0.717) is 22.9 Å². The Morgan fingerprint density at radius 3 is 1.90 bits per heavy atom. The Morgan fingerprint density at radius 2 is 1.11 bits per heavy atom. The van der Waals surface area contributed by atoms with E-state index in [2.05, 4.69) is 117 Å². The van der Waals surface area contributed by atoms with E-state index >= 15 is 0 Å². The van der Waals surface area contributed by atoms with E-state index in [-0.39, 0.29) is 36.7 Å². The molecule has 0 fully saturated rings. The van der Waals surface area contributed by atoms with Crippen molar-refractivity contribution in [1.29, 1.82) is 0 Å². The van der Waals surface area contributed by atoms with Crippen LogP contribution in [0, 0.1) is 3.80 Å². The molecular weight excluding hydrogens is 941 g/mol. The summed E-state index contributed by atoms with van der Waals surface area (Å²) in [6.07, 6.45) is 0. The average molecular weight is 980 g/mol. The SMILES string of the molecule is [2H]c1c([2H])c([2H])c(-c2cccc(-c3ccccc3)c2-n2[c](=[Pt])n(-c3cccc(Oc4ccc5c(n4)N4B6c7c(cccc7-5)-c5ccccc5N6c5ccccc54)c3)c3ccccc32)c([2H])c1[2H]. The average Bonchev–Trinajstić information content (AvgIpc) is 3.87. The number of rotatable bonds is 6. The Bertz CT molecular complexity index is 3790. The van der Waals surface area contributed by atoms with Crippen molar-refractivity contribution in [2.24, 2.45) is 0 Å². The van der Waals surface area contributed by atoms with Gasteiger partial charge in [0.1, 0.15) is 0 Å². The topological polar surface area (TPSA) is 38.5 Å². The van der Waals surface area contributed by atoms with Gasteiger partial charge in [0.25, 0.3) is 0 Å². The van der Waals surface area contributed by atoms with Crippen LogP contribution in [0.25, 0.3) is 66.9 Å². The van der Waals surface area contributed by atoms with E-state index in [0.717, 1.165) is 60.0 Å². The third-order valence-corrected chi connectivity index (χ3v) is 13.2. The van der Waals surface area contributed by atoms with Crippen LogP contribution in [0.5, 0.6) is 11.6 Å². The minimum atomic E-state index is -0.432. The zero-order valence-corrected chi connectivity index (χ0v) is 35.1. The van der Waals surface area contributed by atoms with E-state index in [1.54, 1.807) is 0 Å². The first-order chi connectivity index (χ1) is 32.8. The van der Waals surface area contributed by atoms with Crippen LogP contribution in [-0.4, -0.2) is 21.1 Å². The van der Waals surface area contributed by atoms with Crippen LogP contribution in [0.2, 0.25) is 0 Å². The molecule has 62 heavy (non-hydrogen) atoms. The van der Waals surface area contributed by atoms with Crippen LogP contribution < -0.4 is 19.8 Å². The zero-order valence-electron chi connectivity index (χ0n) is 37.8. The number of hydrogen-bond acceptors (Lipinski definition) is 4. The number of benzene rings is 8. The molecule has 0 saturated carbocycles. The van der Waals surface area contributed by atoms with Crippen LogP contribution in [0.3, 0.4) is 0 Å². The predicted octanol–water partition coefficient (Wildman–Crippen LogP) is 12.7. The van der Waals surface area contributed by atoms with Gasteiger partial charge in [0.2, 0.25) is 0 Å². The molecule has 10 aromatic rings. The van der Waals surface area contributed by atoms with Crippen molar-refractivity contribution in [1.82, 2.24) is 14.1 Å². The standard InChI is InChI=1S/C54H34BN5O.Pt/c1-3-16-36(17-4-1)40-23-14-24-41(37-18-5-2-6-19-37)53(40)58-35-57(47-28-9-10-29-48(47)58)38-20-13-21-39(34-38)61-51-33-32-45-44-26-15-25-43-42-22-7-8-27-46(42)59-49-30-11-12-31-50(49)60(54(45)56-51)55(59)52(43)44;/h1-34H;/i1D,3D,4D,16D,17D;. The number of para-hydroxylation sites is 6. The minimum absolute atomic E-state index is 0.110. The monoisotopic (exact) mass is 979 g/mol. The molecule has 0 radical (unpaired) electrons. The quantitative estimate of drug-likeness (QED) is 0.156. The van der Waals surface area contributed by atoms with E-state index in [4.69, 9.17) is 16.6 Å². The molecule has 0 aliphatic carbocycles. The summed E-state index contributed by atoms with van der Waals surface area (Å²) in [5.74, 6) is 1.89. The van der Waals surface area contributed by atoms with Gasteiger partial charge in [0.15, 0.2) is 0 Å². The molecule has 3 aliphatic rings. The zero-order chi connectivity index (χ0) is 45.2. The Morgan fingerprint density at radius 1 is 0.500 bits per heavy atom.